The summed E-state index contributed by atoms with van der Waals surface area (Å²) in [5, 5.41) is 19.0. The number of methoxy groups -OCH3 is 1. The van der Waals surface area contributed by atoms with Crippen molar-refractivity contribution >= 4 is 11.6 Å². The number of ether oxygens (including phenoxy) is 4. The van der Waals surface area contributed by atoms with Crippen LogP contribution in [0.15, 0.2) is 42.7 Å². The topological polar surface area (TPSA) is 143 Å². The maximum atomic E-state index is 12.1. The fourth-order valence-corrected chi connectivity index (χ4v) is 2.60. The Morgan fingerprint density at radius 1 is 0.765 bits per heavy atom. The average Bonchev–Trinajstić information content (AvgIpc) is 2.88. The summed E-state index contributed by atoms with van der Waals surface area (Å²) in [5.41, 5.74) is 1.62. The van der Waals surface area contributed by atoms with Crippen molar-refractivity contribution < 1.29 is 23.7 Å². The number of nitrogens with zero attached hydrogens (tertiary/aromatic N) is 6. The van der Waals surface area contributed by atoms with Crippen molar-refractivity contribution in [2.75, 3.05) is 58.7 Å². The molecule has 34 heavy (non-hydrogen) atoms. The molecule has 0 saturated heterocycles. The number of anilines is 1. The minimum atomic E-state index is -0.179. The second-order valence-electron chi connectivity index (χ2n) is 6.82. The van der Waals surface area contributed by atoms with Crippen LogP contribution in [0, 0.1) is 0 Å². The lowest BCUT2D eigenvalue weighted by molar-refractivity contribution is -0.117. The number of carbonyl (C=O) groups excluding carboxylic acids is 1. The molecule has 3 heterocycles. The van der Waals surface area contributed by atoms with Gasteiger partial charge < -0.3 is 24.3 Å². The third-order valence-corrected chi connectivity index (χ3v) is 4.30. The van der Waals surface area contributed by atoms with Crippen molar-refractivity contribution in [2.24, 2.45) is 0 Å². The number of pyridine rings is 2. The Bertz CT molecular complexity index is 975. The Hall–Kier alpha value is -3.45. The van der Waals surface area contributed by atoms with Gasteiger partial charge in [0.2, 0.25) is 17.6 Å². The highest BCUT2D eigenvalue weighted by Gasteiger charge is 2.09. The van der Waals surface area contributed by atoms with E-state index in [1.165, 1.54) is 6.20 Å². The molecule has 3 aromatic heterocycles. The first-order chi connectivity index (χ1) is 16.8. The zero-order chi connectivity index (χ0) is 23.8. The molecule has 12 nitrogen and oxygen atoms in total. The van der Waals surface area contributed by atoms with Gasteiger partial charge in [0.25, 0.3) is 0 Å². The van der Waals surface area contributed by atoms with Crippen LogP contribution < -0.4 is 5.32 Å². The lowest BCUT2D eigenvalue weighted by Crippen LogP contribution is -2.16. The quantitative estimate of drug-likeness (QED) is 0.323. The minimum absolute atomic E-state index is 0.179. The van der Waals surface area contributed by atoms with Crippen LogP contribution in [0.25, 0.3) is 23.0 Å². The molecule has 0 atom stereocenters. The van der Waals surface area contributed by atoms with Crippen molar-refractivity contribution in [1.29, 1.82) is 0 Å². The average molecular weight is 470 g/mol. The first-order valence-corrected chi connectivity index (χ1v) is 10.7. The highest BCUT2D eigenvalue weighted by Crippen LogP contribution is 2.15. The molecule has 1 N–H and O–H groups in total. The molecule has 3 aromatic rings. The van der Waals surface area contributed by atoms with E-state index in [-0.39, 0.29) is 18.2 Å². The summed E-state index contributed by atoms with van der Waals surface area (Å²) in [6, 6.07) is 8.80. The van der Waals surface area contributed by atoms with Crippen LogP contribution in [0.1, 0.15) is 6.42 Å². The predicted octanol–water partition coefficient (Wildman–Crippen LogP) is 1.42. The van der Waals surface area contributed by atoms with Crippen LogP contribution in [0.3, 0.4) is 0 Å². The molecule has 0 fully saturated rings. The molecule has 0 saturated carbocycles. The van der Waals surface area contributed by atoms with Gasteiger partial charge >= 0.3 is 0 Å². The summed E-state index contributed by atoms with van der Waals surface area (Å²) in [4.78, 5) is 20.5. The van der Waals surface area contributed by atoms with Gasteiger partial charge in [0.15, 0.2) is 0 Å². The maximum absolute atomic E-state index is 12.1. The first-order valence-electron chi connectivity index (χ1n) is 10.7. The zero-order valence-electron chi connectivity index (χ0n) is 18.9. The van der Waals surface area contributed by atoms with E-state index >= 15 is 0 Å². The van der Waals surface area contributed by atoms with Gasteiger partial charge in [0.1, 0.15) is 11.4 Å². The lowest BCUT2D eigenvalue weighted by Gasteiger charge is -2.07. The standard InChI is InChI=1S/C22H27N7O5/c1-31-10-11-33-14-15-34-13-12-32-9-7-20(30)25-17-5-6-19(24-16-17)22-28-26-21(27-29-22)18-4-2-3-8-23-18/h2-6,8,16H,7,9-15H2,1H3,(H,25,30). The summed E-state index contributed by atoms with van der Waals surface area (Å²) < 4.78 is 20.9. The largest absolute Gasteiger partial charge is 0.382 e. The van der Waals surface area contributed by atoms with Crippen LogP contribution in [0.4, 0.5) is 5.69 Å². The molecule has 3 rings (SSSR count). The molecular weight excluding hydrogens is 442 g/mol. The van der Waals surface area contributed by atoms with E-state index in [0.717, 1.165) is 0 Å². The number of hydrogen-bond acceptors (Lipinski definition) is 11. The molecule has 12 heteroatoms. The Labute approximate surface area is 197 Å². The Balaban J connectivity index is 1.32. The van der Waals surface area contributed by atoms with Crippen LogP contribution >= 0.6 is 0 Å². The highest BCUT2D eigenvalue weighted by molar-refractivity contribution is 5.90. The normalized spacial score (nSPS) is 10.9. The van der Waals surface area contributed by atoms with E-state index in [1.54, 1.807) is 37.6 Å². The minimum Gasteiger partial charge on any atom is -0.382 e. The number of nitrogens with one attached hydrogen (secondary N) is 1. The molecule has 0 radical (unpaired) electrons. The molecule has 1 amide bonds. The SMILES string of the molecule is COCCOCCOCCOCCC(=O)Nc1ccc(-c2nnc(-c3ccccn3)nn2)nc1. The van der Waals surface area contributed by atoms with Crippen LogP contribution in [-0.2, 0) is 23.7 Å². The summed E-state index contributed by atoms with van der Waals surface area (Å²) >= 11 is 0. The number of aromatic nitrogens is 6. The van der Waals surface area contributed by atoms with Gasteiger partial charge in [0.05, 0.1) is 64.6 Å². The Kier molecular flexibility index (Phi) is 10.8. The molecule has 0 aromatic carbocycles. The van der Waals surface area contributed by atoms with Crippen molar-refractivity contribution in [3.05, 3.63) is 42.7 Å². The number of amides is 1. The fraction of sp³-hybridized carbons (Fsp3) is 0.409. The predicted molar refractivity (Wildman–Crippen MR) is 122 cm³/mol. The number of hydrogen-bond donors (Lipinski definition) is 1. The number of rotatable bonds is 15. The van der Waals surface area contributed by atoms with Gasteiger partial charge in [-0.3, -0.25) is 14.8 Å². The Morgan fingerprint density at radius 3 is 1.94 bits per heavy atom. The fourth-order valence-electron chi connectivity index (χ4n) is 2.60. The molecule has 0 aliphatic carbocycles. The third-order valence-electron chi connectivity index (χ3n) is 4.30. The second-order valence-corrected chi connectivity index (χ2v) is 6.82. The molecule has 0 aliphatic heterocycles. The lowest BCUT2D eigenvalue weighted by atomic mass is 10.3. The molecule has 0 aliphatic rings. The van der Waals surface area contributed by atoms with E-state index in [2.05, 4.69) is 35.7 Å². The van der Waals surface area contributed by atoms with E-state index in [9.17, 15) is 4.79 Å². The van der Waals surface area contributed by atoms with Gasteiger partial charge in [-0.05, 0) is 24.3 Å². The molecule has 0 unspecified atom stereocenters. The summed E-state index contributed by atoms with van der Waals surface area (Å²) in [6.07, 6.45) is 3.38. The zero-order valence-corrected chi connectivity index (χ0v) is 18.9. The summed E-state index contributed by atoms with van der Waals surface area (Å²) in [7, 11) is 1.63. The third kappa shape index (κ3) is 8.83. The summed E-state index contributed by atoms with van der Waals surface area (Å²) in [5.74, 6) is 0.421. The van der Waals surface area contributed by atoms with Gasteiger partial charge in [-0.15, -0.1) is 20.4 Å². The maximum Gasteiger partial charge on any atom is 0.226 e. The van der Waals surface area contributed by atoms with Crippen molar-refractivity contribution in [2.45, 2.75) is 6.42 Å². The Morgan fingerprint density at radius 2 is 1.38 bits per heavy atom. The van der Waals surface area contributed by atoms with E-state index < -0.39 is 0 Å². The van der Waals surface area contributed by atoms with Crippen molar-refractivity contribution in [1.82, 2.24) is 30.4 Å². The van der Waals surface area contributed by atoms with Gasteiger partial charge in [-0.25, -0.2) is 0 Å². The monoisotopic (exact) mass is 469 g/mol. The van der Waals surface area contributed by atoms with Gasteiger partial charge in [-0.2, -0.15) is 0 Å². The smallest absolute Gasteiger partial charge is 0.226 e. The van der Waals surface area contributed by atoms with Crippen molar-refractivity contribution in [3.8, 4) is 23.0 Å². The summed E-state index contributed by atoms with van der Waals surface area (Å²) in [6.45, 7) is 3.24. The van der Waals surface area contributed by atoms with Crippen molar-refractivity contribution in [3.63, 3.8) is 0 Å². The molecule has 180 valence electrons. The van der Waals surface area contributed by atoms with E-state index in [0.29, 0.717) is 69.1 Å². The van der Waals surface area contributed by atoms with Gasteiger partial charge in [-0.1, -0.05) is 6.07 Å². The second kappa shape index (κ2) is 14.6. The molecular formula is C22H27N7O5. The van der Waals surface area contributed by atoms with Crippen LogP contribution in [0.2, 0.25) is 0 Å². The number of carbonyl (C=O) groups is 1. The molecule has 0 spiro atoms. The van der Waals surface area contributed by atoms with E-state index in [4.69, 9.17) is 18.9 Å². The molecule has 0 bridgehead atoms. The van der Waals surface area contributed by atoms with Crippen LogP contribution in [0.5, 0.6) is 0 Å². The van der Waals surface area contributed by atoms with Gasteiger partial charge in [0, 0.05) is 13.3 Å². The van der Waals surface area contributed by atoms with Crippen LogP contribution in [-0.4, -0.2) is 89.6 Å². The first kappa shape index (κ1) is 25.2. The highest BCUT2D eigenvalue weighted by atomic mass is 16.6. The van der Waals surface area contributed by atoms with E-state index in [1.807, 2.05) is 6.07 Å².